The van der Waals surface area contributed by atoms with Crippen molar-refractivity contribution in [3.8, 4) is 0 Å². The molecule has 0 unspecified atom stereocenters. The van der Waals surface area contributed by atoms with Gasteiger partial charge in [0.05, 0.1) is 16.8 Å². The lowest BCUT2D eigenvalue weighted by Crippen LogP contribution is -2.39. The molecule has 8 heteroatoms. The number of carbonyl (C=O) groups excluding carboxylic acids is 1. The van der Waals surface area contributed by atoms with Crippen molar-refractivity contribution >= 4 is 27.5 Å². The summed E-state index contributed by atoms with van der Waals surface area (Å²) in [5.74, 6) is -1.73. The molecule has 1 aromatic rings. The minimum atomic E-state index is -3.06. The third kappa shape index (κ3) is 4.41. The minimum absolute atomic E-state index is 0.0545. The van der Waals surface area contributed by atoms with E-state index in [1.54, 1.807) is 6.92 Å². The molecule has 0 radical (unpaired) electrons. The van der Waals surface area contributed by atoms with Crippen LogP contribution >= 0.6 is 11.8 Å². The van der Waals surface area contributed by atoms with E-state index >= 15 is 0 Å². The molecule has 0 aliphatic carbocycles. The number of halogens is 2. The molecule has 4 nitrogen and oxygen atoms in total. The third-order valence-corrected chi connectivity index (χ3v) is 6.07. The molecule has 1 saturated heterocycles. The number of amides is 1. The van der Waals surface area contributed by atoms with E-state index in [1.807, 2.05) is 0 Å². The number of rotatable bonds is 4. The van der Waals surface area contributed by atoms with E-state index in [-0.39, 0.29) is 28.4 Å². The number of hydrogen-bond donors (Lipinski definition) is 1. The summed E-state index contributed by atoms with van der Waals surface area (Å²) in [4.78, 5) is 12.1. The Hall–Kier alpha value is -1.15. The van der Waals surface area contributed by atoms with Crippen LogP contribution in [0, 0.1) is 11.6 Å². The lowest BCUT2D eigenvalue weighted by molar-refractivity contribution is -0.120. The summed E-state index contributed by atoms with van der Waals surface area (Å²) >= 11 is 0.967. The average molecular weight is 335 g/mol. The smallest absolute Gasteiger partial charge is 0.233 e. The Bertz CT molecular complexity index is 649. The maximum absolute atomic E-state index is 13.5. The van der Waals surface area contributed by atoms with Gasteiger partial charge in [0.25, 0.3) is 0 Å². The number of benzene rings is 1. The fraction of sp³-hybridized carbons (Fsp3) is 0.462. The van der Waals surface area contributed by atoms with Gasteiger partial charge in [-0.2, -0.15) is 0 Å². The molecule has 0 saturated carbocycles. The predicted octanol–water partition coefficient (Wildman–Crippen LogP) is 1.75. The van der Waals surface area contributed by atoms with E-state index in [9.17, 15) is 22.0 Å². The lowest BCUT2D eigenvalue weighted by Gasteiger charge is -2.15. The maximum atomic E-state index is 13.5. The minimum Gasteiger partial charge on any atom is -0.351 e. The highest BCUT2D eigenvalue weighted by Crippen LogP contribution is 2.27. The summed E-state index contributed by atoms with van der Waals surface area (Å²) < 4.78 is 48.9. The number of carbonyl (C=O) groups is 1. The lowest BCUT2D eigenvalue weighted by atomic mass is 10.2. The molecule has 1 heterocycles. The van der Waals surface area contributed by atoms with Crippen molar-refractivity contribution in [1.29, 1.82) is 0 Å². The van der Waals surface area contributed by atoms with Gasteiger partial charge in [-0.05, 0) is 25.5 Å². The van der Waals surface area contributed by atoms with Crippen LogP contribution in [0.1, 0.15) is 13.3 Å². The average Bonchev–Trinajstić information content (AvgIpc) is 2.72. The monoisotopic (exact) mass is 335 g/mol. The first-order valence-electron chi connectivity index (χ1n) is 6.39. The van der Waals surface area contributed by atoms with Gasteiger partial charge in [-0.15, -0.1) is 11.8 Å². The van der Waals surface area contributed by atoms with Gasteiger partial charge < -0.3 is 5.32 Å². The summed E-state index contributed by atoms with van der Waals surface area (Å²) in [5, 5.41) is 2.05. The first kappa shape index (κ1) is 16.2. The Kier molecular flexibility index (Phi) is 4.88. The normalized spacial score (nSPS) is 22.0. The van der Waals surface area contributed by atoms with Crippen LogP contribution in [0.15, 0.2) is 23.1 Å². The molecule has 0 bridgehead atoms. The van der Waals surface area contributed by atoms with E-state index in [4.69, 9.17) is 0 Å². The second-order valence-corrected chi connectivity index (χ2v) is 8.55. The number of sulfone groups is 1. The van der Waals surface area contributed by atoms with Gasteiger partial charge in [0, 0.05) is 17.0 Å². The highest BCUT2D eigenvalue weighted by atomic mass is 32.2. The van der Waals surface area contributed by atoms with Crippen molar-refractivity contribution in [3.63, 3.8) is 0 Å². The molecule has 1 N–H and O–H groups in total. The highest BCUT2D eigenvalue weighted by molar-refractivity contribution is 8.00. The highest BCUT2D eigenvalue weighted by Gasteiger charge is 2.30. The van der Waals surface area contributed by atoms with Gasteiger partial charge in [-0.25, -0.2) is 17.2 Å². The maximum Gasteiger partial charge on any atom is 0.233 e. The van der Waals surface area contributed by atoms with E-state index in [0.717, 1.165) is 23.9 Å². The summed E-state index contributed by atoms with van der Waals surface area (Å²) in [6.07, 6.45) is 0.399. The Balaban J connectivity index is 1.94. The molecule has 21 heavy (non-hydrogen) atoms. The summed E-state index contributed by atoms with van der Waals surface area (Å²) in [5.41, 5.74) is 0. The van der Waals surface area contributed by atoms with Crippen molar-refractivity contribution < 1.29 is 22.0 Å². The van der Waals surface area contributed by atoms with Gasteiger partial charge in [0.1, 0.15) is 11.6 Å². The van der Waals surface area contributed by atoms with Crippen molar-refractivity contribution in [1.82, 2.24) is 5.32 Å². The Morgan fingerprint density at radius 3 is 2.71 bits per heavy atom. The van der Waals surface area contributed by atoms with Crippen LogP contribution in [0.4, 0.5) is 8.78 Å². The summed E-state index contributed by atoms with van der Waals surface area (Å²) in [6, 6.07) is 2.78. The fourth-order valence-electron chi connectivity index (χ4n) is 2.04. The topological polar surface area (TPSA) is 63.2 Å². The summed E-state index contributed by atoms with van der Waals surface area (Å²) in [6.45, 7) is 1.59. The predicted molar refractivity (Wildman–Crippen MR) is 76.9 cm³/mol. The molecule has 2 atom stereocenters. The van der Waals surface area contributed by atoms with Crippen molar-refractivity contribution in [3.05, 3.63) is 29.8 Å². The van der Waals surface area contributed by atoms with Crippen LogP contribution in [0.25, 0.3) is 0 Å². The zero-order chi connectivity index (χ0) is 15.6. The molecule has 2 rings (SSSR count). The zero-order valence-corrected chi connectivity index (χ0v) is 12.9. The molecule has 1 amide bonds. The first-order valence-corrected chi connectivity index (χ1v) is 9.09. The van der Waals surface area contributed by atoms with E-state index in [1.165, 1.54) is 6.07 Å². The van der Waals surface area contributed by atoms with E-state index in [0.29, 0.717) is 6.42 Å². The van der Waals surface area contributed by atoms with Crippen LogP contribution in [0.5, 0.6) is 0 Å². The van der Waals surface area contributed by atoms with E-state index < -0.39 is 26.7 Å². The Morgan fingerprint density at radius 1 is 1.43 bits per heavy atom. The summed E-state index contributed by atoms with van der Waals surface area (Å²) in [7, 11) is -3.06. The molecule has 1 aliphatic heterocycles. The van der Waals surface area contributed by atoms with Gasteiger partial charge >= 0.3 is 0 Å². The number of nitrogens with one attached hydrogen (secondary N) is 1. The second-order valence-electron chi connectivity index (χ2n) is 4.94. The second kappa shape index (κ2) is 6.31. The number of hydrogen-bond acceptors (Lipinski definition) is 4. The fourth-order valence-corrected chi connectivity index (χ4v) is 4.59. The van der Waals surface area contributed by atoms with Crippen molar-refractivity contribution in [2.24, 2.45) is 0 Å². The van der Waals surface area contributed by atoms with Crippen LogP contribution in [-0.2, 0) is 14.6 Å². The van der Waals surface area contributed by atoms with Gasteiger partial charge in [0.2, 0.25) is 5.91 Å². The zero-order valence-electron chi connectivity index (χ0n) is 11.3. The van der Waals surface area contributed by atoms with Gasteiger partial charge in [0.15, 0.2) is 9.84 Å². The Labute approximate surface area is 126 Å². The van der Waals surface area contributed by atoms with Crippen LogP contribution in [0.2, 0.25) is 0 Å². The molecule has 0 spiro atoms. The molecule has 1 aliphatic rings. The quantitative estimate of drug-likeness (QED) is 0.852. The molecular formula is C13H15F2NO3S2. The molecule has 0 aromatic heterocycles. The molecule has 1 aromatic carbocycles. The largest absolute Gasteiger partial charge is 0.351 e. The van der Waals surface area contributed by atoms with Gasteiger partial charge in [-0.3, -0.25) is 4.79 Å². The number of thioether (sulfide) groups is 1. The van der Waals surface area contributed by atoms with Crippen molar-refractivity contribution in [2.45, 2.75) is 29.5 Å². The van der Waals surface area contributed by atoms with E-state index in [2.05, 4.69) is 5.32 Å². The SMILES string of the molecule is C[C@H](Sc1ccc(F)cc1F)C(=O)N[C@@H]1CCS(=O)(=O)C1. The van der Waals surface area contributed by atoms with Gasteiger partial charge in [-0.1, -0.05) is 0 Å². The standard InChI is InChI=1S/C13H15F2NO3S2/c1-8(20-12-3-2-9(14)6-11(12)15)13(17)16-10-4-5-21(18,19)7-10/h2-3,6,8,10H,4-5,7H2,1H3,(H,16,17)/t8-,10+/m0/s1. The Morgan fingerprint density at radius 2 is 2.14 bits per heavy atom. The molecule has 116 valence electrons. The van der Waals surface area contributed by atoms with Crippen LogP contribution in [0.3, 0.4) is 0 Å². The van der Waals surface area contributed by atoms with Crippen molar-refractivity contribution in [2.75, 3.05) is 11.5 Å². The van der Waals surface area contributed by atoms with Crippen LogP contribution < -0.4 is 5.32 Å². The third-order valence-electron chi connectivity index (χ3n) is 3.15. The molecular weight excluding hydrogens is 320 g/mol. The first-order chi connectivity index (χ1) is 9.77. The molecule has 1 fully saturated rings. The van der Waals surface area contributed by atoms with Crippen LogP contribution in [-0.4, -0.2) is 37.1 Å².